The van der Waals surface area contributed by atoms with Gasteiger partial charge in [-0.05, 0) is 13.3 Å². The van der Waals surface area contributed by atoms with Gasteiger partial charge in [-0.2, -0.15) is 0 Å². The second-order valence-electron chi connectivity index (χ2n) is 2.88. The van der Waals surface area contributed by atoms with E-state index in [0.717, 1.165) is 31.1 Å². The minimum atomic E-state index is 0.178. The average molecular weight is 200 g/mol. The van der Waals surface area contributed by atoms with E-state index < -0.39 is 0 Å². The fourth-order valence-electron chi connectivity index (χ4n) is 1.06. The Morgan fingerprint density at radius 1 is 1.69 bits per heavy atom. The lowest BCUT2D eigenvalue weighted by Crippen LogP contribution is -2.24. The Morgan fingerprint density at radius 2 is 2.54 bits per heavy atom. The van der Waals surface area contributed by atoms with E-state index in [0.29, 0.717) is 0 Å². The van der Waals surface area contributed by atoms with Gasteiger partial charge in [0.05, 0.1) is 5.01 Å². The van der Waals surface area contributed by atoms with E-state index in [1.165, 1.54) is 0 Å². The maximum atomic E-state index is 5.89. The molecule has 3 nitrogen and oxygen atoms in total. The molecule has 0 aromatic carbocycles. The second kappa shape index (κ2) is 6.07. The first kappa shape index (κ1) is 10.6. The number of thiazole rings is 1. The van der Waals surface area contributed by atoms with Crippen LogP contribution in [0.1, 0.15) is 18.4 Å². The lowest BCUT2D eigenvalue weighted by atomic mass is 10.2. The van der Waals surface area contributed by atoms with Crippen LogP contribution >= 0.6 is 11.3 Å². The zero-order chi connectivity index (χ0) is 9.52. The molecule has 4 heteroatoms. The highest BCUT2D eigenvalue weighted by atomic mass is 32.1. The van der Waals surface area contributed by atoms with Crippen LogP contribution < -0.4 is 5.73 Å². The van der Waals surface area contributed by atoms with Gasteiger partial charge in [-0.3, -0.25) is 0 Å². The number of nitrogens with zero attached hydrogens (tertiary/aromatic N) is 1. The molecule has 1 aromatic rings. The van der Waals surface area contributed by atoms with Gasteiger partial charge < -0.3 is 10.5 Å². The third-order valence-electron chi connectivity index (χ3n) is 1.76. The van der Waals surface area contributed by atoms with Crippen molar-refractivity contribution < 1.29 is 4.74 Å². The Morgan fingerprint density at radius 3 is 3.15 bits per heavy atom. The van der Waals surface area contributed by atoms with Crippen molar-refractivity contribution >= 4 is 11.3 Å². The van der Waals surface area contributed by atoms with Crippen LogP contribution in [0.3, 0.4) is 0 Å². The monoisotopic (exact) mass is 200 g/mol. The van der Waals surface area contributed by atoms with Crippen molar-refractivity contribution in [3.8, 4) is 0 Å². The van der Waals surface area contributed by atoms with Gasteiger partial charge >= 0.3 is 0 Å². The maximum Gasteiger partial charge on any atom is 0.0940 e. The first-order valence-corrected chi connectivity index (χ1v) is 5.42. The molecule has 0 aliphatic carbocycles. The van der Waals surface area contributed by atoms with Crippen LogP contribution in [-0.4, -0.2) is 24.2 Å². The molecule has 0 saturated heterocycles. The highest BCUT2D eigenvalue weighted by Gasteiger charge is 2.05. The van der Waals surface area contributed by atoms with Crippen molar-refractivity contribution in [2.75, 3.05) is 13.2 Å². The first-order valence-electron chi connectivity index (χ1n) is 4.54. The first-order chi connectivity index (χ1) is 6.33. The van der Waals surface area contributed by atoms with E-state index in [-0.39, 0.29) is 6.04 Å². The Labute approximate surface area is 82.9 Å². The fraction of sp³-hybridized carbons (Fsp3) is 0.667. The van der Waals surface area contributed by atoms with Crippen LogP contribution in [0, 0.1) is 0 Å². The van der Waals surface area contributed by atoms with Crippen LogP contribution in [0.15, 0.2) is 11.6 Å². The van der Waals surface area contributed by atoms with Crippen molar-refractivity contribution in [3.63, 3.8) is 0 Å². The maximum absolute atomic E-state index is 5.89. The minimum absolute atomic E-state index is 0.178. The smallest absolute Gasteiger partial charge is 0.0940 e. The molecule has 0 fully saturated rings. The molecule has 0 radical (unpaired) electrons. The van der Waals surface area contributed by atoms with Gasteiger partial charge in [-0.15, -0.1) is 11.3 Å². The van der Waals surface area contributed by atoms with Crippen LogP contribution in [0.5, 0.6) is 0 Å². The lowest BCUT2D eigenvalue weighted by Gasteiger charge is -2.08. The number of hydrogen-bond donors (Lipinski definition) is 1. The number of aromatic nitrogens is 1. The van der Waals surface area contributed by atoms with Gasteiger partial charge in [-0.25, -0.2) is 4.98 Å². The summed E-state index contributed by atoms with van der Waals surface area (Å²) in [6.45, 7) is 3.51. The van der Waals surface area contributed by atoms with Gasteiger partial charge in [-0.1, -0.05) is 0 Å². The molecule has 0 bridgehead atoms. The molecule has 13 heavy (non-hydrogen) atoms. The summed E-state index contributed by atoms with van der Waals surface area (Å²) >= 11 is 1.66. The summed E-state index contributed by atoms with van der Waals surface area (Å²) in [4.78, 5) is 4.18. The average Bonchev–Trinajstić information content (AvgIpc) is 2.57. The standard InChI is InChI=1S/C9H16N2OS/c1-2-12-5-3-8(10)7-9-11-4-6-13-9/h4,6,8H,2-3,5,7,10H2,1H3. The van der Waals surface area contributed by atoms with Crippen molar-refractivity contribution in [1.82, 2.24) is 4.98 Å². The molecule has 1 atom stereocenters. The van der Waals surface area contributed by atoms with E-state index in [9.17, 15) is 0 Å². The molecule has 0 spiro atoms. The SMILES string of the molecule is CCOCCC(N)Cc1nccs1. The molecule has 1 aromatic heterocycles. The van der Waals surface area contributed by atoms with E-state index in [2.05, 4.69) is 4.98 Å². The van der Waals surface area contributed by atoms with Gasteiger partial charge in [0, 0.05) is 37.3 Å². The predicted molar refractivity (Wildman–Crippen MR) is 54.9 cm³/mol. The second-order valence-corrected chi connectivity index (χ2v) is 3.85. The highest BCUT2D eigenvalue weighted by Crippen LogP contribution is 2.07. The van der Waals surface area contributed by atoms with Crippen molar-refractivity contribution in [2.45, 2.75) is 25.8 Å². The molecule has 0 amide bonds. The van der Waals surface area contributed by atoms with Gasteiger partial charge in [0.2, 0.25) is 0 Å². The molecular weight excluding hydrogens is 184 g/mol. The Kier molecular flexibility index (Phi) is 4.97. The van der Waals surface area contributed by atoms with E-state index in [1.807, 2.05) is 18.5 Å². The Bertz CT molecular complexity index is 213. The zero-order valence-electron chi connectivity index (χ0n) is 7.90. The number of rotatable bonds is 6. The Hall–Kier alpha value is -0.450. The topological polar surface area (TPSA) is 48.1 Å². The largest absolute Gasteiger partial charge is 0.382 e. The molecule has 74 valence electrons. The normalized spacial score (nSPS) is 13.1. The summed E-state index contributed by atoms with van der Waals surface area (Å²) in [5.74, 6) is 0. The predicted octanol–water partition coefficient (Wildman–Crippen LogP) is 1.44. The number of nitrogens with two attached hydrogens (primary N) is 1. The van der Waals surface area contributed by atoms with Crippen molar-refractivity contribution in [1.29, 1.82) is 0 Å². The van der Waals surface area contributed by atoms with Gasteiger partial charge in [0.25, 0.3) is 0 Å². The van der Waals surface area contributed by atoms with Crippen molar-refractivity contribution in [3.05, 3.63) is 16.6 Å². The molecular formula is C9H16N2OS. The Balaban J connectivity index is 2.14. The van der Waals surface area contributed by atoms with Crippen LogP contribution in [0.25, 0.3) is 0 Å². The minimum Gasteiger partial charge on any atom is -0.382 e. The highest BCUT2D eigenvalue weighted by molar-refractivity contribution is 7.09. The summed E-state index contributed by atoms with van der Waals surface area (Å²) in [7, 11) is 0. The molecule has 0 aliphatic rings. The molecule has 0 saturated carbocycles. The summed E-state index contributed by atoms with van der Waals surface area (Å²) < 4.78 is 5.23. The summed E-state index contributed by atoms with van der Waals surface area (Å²) in [5.41, 5.74) is 5.89. The zero-order valence-corrected chi connectivity index (χ0v) is 8.72. The molecule has 1 heterocycles. The summed E-state index contributed by atoms with van der Waals surface area (Å²) in [5, 5.41) is 3.09. The molecule has 1 rings (SSSR count). The van der Waals surface area contributed by atoms with Gasteiger partial charge in [0.1, 0.15) is 0 Å². The van der Waals surface area contributed by atoms with Crippen molar-refractivity contribution in [2.24, 2.45) is 5.73 Å². The fourth-order valence-corrected chi connectivity index (χ4v) is 1.77. The van der Waals surface area contributed by atoms with Crippen LogP contribution in [-0.2, 0) is 11.2 Å². The van der Waals surface area contributed by atoms with E-state index >= 15 is 0 Å². The summed E-state index contributed by atoms with van der Waals surface area (Å²) in [6, 6.07) is 0.178. The molecule has 0 aliphatic heterocycles. The third-order valence-corrected chi connectivity index (χ3v) is 2.56. The van der Waals surface area contributed by atoms with Crippen LogP contribution in [0.4, 0.5) is 0 Å². The van der Waals surface area contributed by atoms with Crippen LogP contribution in [0.2, 0.25) is 0 Å². The molecule has 1 unspecified atom stereocenters. The lowest BCUT2D eigenvalue weighted by molar-refractivity contribution is 0.140. The summed E-state index contributed by atoms with van der Waals surface area (Å²) in [6.07, 6.45) is 3.59. The number of ether oxygens (including phenoxy) is 1. The van der Waals surface area contributed by atoms with E-state index in [1.54, 1.807) is 11.3 Å². The van der Waals surface area contributed by atoms with Gasteiger partial charge in [0.15, 0.2) is 0 Å². The third kappa shape index (κ3) is 4.36. The quantitative estimate of drug-likeness (QED) is 0.707. The molecule has 2 N–H and O–H groups in total. The van der Waals surface area contributed by atoms with E-state index in [4.69, 9.17) is 10.5 Å². The number of hydrogen-bond acceptors (Lipinski definition) is 4.